The zero-order valence-electron chi connectivity index (χ0n) is 9.46. The van der Waals surface area contributed by atoms with Crippen LogP contribution in [0, 0.1) is 0 Å². The van der Waals surface area contributed by atoms with Crippen molar-refractivity contribution in [2.45, 2.75) is 58.0 Å². The smallest absolute Gasteiger partial charge is 0.0926 e. The molecule has 1 heterocycles. The summed E-state index contributed by atoms with van der Waals surface area (Å²) in [5.74, 6) is 0. The molecule has 15 heavy (non-hydrogen) atoms. The number of hydrogen-bond donors (Lipinski definition) is 1. The first-order chi connectivity index (χ1) is 7.38. The first-order valence-corrected chi connectivity index (χ1v) is 6.93. The average molecular weight is 224 g/mol. The van der Waals surface area contributed by atoms with Crippen molar-refractivity contribution in [2.75, 3.05) is 0 Å². The van der Waals surface area contributed by atoms with E-state index in [1.54, 1.807) is 11.3 Å². The Hall–Kier alpha value is -0.410. The van der Waals surface area contributed by atoms with Crippen LogP contribution < -0.4 is 5.32 Å². The molecule has 0 atom stereocenters. The molecule has 0 bridgehead atoms. The highest BCUT2D eigenvalue weighted by molar-refractivity contribution is 7.09. The fourth-order valence-corrected chi connectivity index (χ4v) is 2.89. The van der Waals surface area contributed by atoms with Gasteiger partial charge in [-0.2, -0.15) is 0 Å². The summed E-state index contributed by atoms with van der Waals surface area (Å²) in [5, 5.41) is 7.07. The second-order valence-corrected chi connectivity index (χ2v) is 5.24. The van der Waals surface area contributed by atoms with E-state index < -0.39 is 0 Å². The molecule has 0 aliphatic heterocycles. The Balaban J connectivity index is 1.76. The third-order valence-corrected chi connectivity index (χ3v) is 4.12. The zero-order valence-corrected chi connectivity index (χ0v) is 10.3. The van der Waals surface area contributed by atoms with Crippen molar-refractivity contribution in [1.82, 2.24) is 10.3 Å². The van der Waals surface area contributed by atoms with Crippen LogP contribution in [0.25, 0.3) is 0 Å². The van der Waals surface area contributed by atoms with Gasteiger partial charge in [0.1, 0.15) is 0 Å². The maximum absolute atomic E-state index is 4.57. The molecule has 0 radical (unpaired) electrons. The summed E-state index contributed by atoms with van der Waals surface area (Å²) in [6.45, 7) is 3.12. The van der Waals surface area contributed by atoms with Crippen molar-refractivity contribution in [3.8, 4) is 0 Å². The molecular weight excluding hydrogens is 204 g/mol. The Labute approximate surface area is 96.1 Å². The summed E-state index contributed by atoms with van der Waals surface area (Å²) in [7, 11) is 0. The largest absolute Gasteiger partial charge is 0.308 e. The van der Waals surface area contributed by atoms with Gasteiger partial charge in [0.15, 0.2) is 0 Å². The summed E-state index contributed by atoms with van der Waals surface area (Å²) in [4.78, 5) is 4.57. The normalized spacial score (nSPS) is 18.2. The van der Waals surface area contributed by atoms with Crippen molar-refractivity contribution >= 4 is 11.3 Å². The van der Waals surface area contributed by atoms with E-state index in [0.29, 0.717) is 0 Å². The first kappa shape index (κ1) is 11.1. The summed E-state index contributed by atoms with van der Waals surface area (Å²) >= 11 is 1.79. The molecule has 1 N–H and O–H groups in total. The van der Waals surface area contributed by atoms with E-state index in [9.17, 15) is 0 Å². The van der Waals surface area contributed by atoms with Crippen LogP contribution in [0.4, 0.5) is 0 Å². The molecule has 0 amide bonds. The number of aryl methyl sites for hydroxylation is 1. The van der Waals surface area contributed by atoms with Gasteiger partial charge in [-0.25, -0.2) is 4.98 Å². The fraction of sp³-hybridized carbons (Fsp3) is 0.750. The third-order valence-electron chi connectivity index (χ3n) is 3.08. The van der Waals surface area contributed by atoms with Crippen molar-refractivity contribution in [3.05, 3.63) is 16.1 Å². The highest BCUT2D eigenvalue weighted by Gasteiger charge is 2.12. The molecule has 2 rings (SSSR count). The molecule has 1 aliphatic rings. The van der Waals surface area contributed by atoms with E-state index >= 15 is 0 Å². The van der Waals surface area contributed by atoms with Crippen molar-refractivity contribution in [2.24, 2.45) is 0 Å². The molecular formula is C12H20N2S. The molecule has 3 heteroatoms. The monoisotopic (exact) mass is 224 g/mol. The minimum absolute atomic E-state index is 0.741. The van der Waals surface area contributed by atoms with E-state index in [0.717, 1.165) is 19.0 Å². The Morgan fingerprint density at radius 1 is 1.40 bits per heavy atom. The standard InChI is InChI=1S/C12H20N2S/c1-2-12-14-11(9-15-12)8-13-10-6-4-3-5-7-10/h9-10,13H,2-8H2,1H3. The molecule has 1 aromatic heterocycles. The predicted molar refractivity (Wildman–Crippen MR) is 65.2 cm³/mol. The number of thiazole rings is 1. The van der Waals surface area contributed by atoms with Gasteiger partial charge in [-0.05, 0) is 19.3 Å². The molecule has 1 fully saturated rings. The van der Waals surface area contributed by atoms with Gasteiger partial charge in [0.05, 0.1) is 10.7 Å². The van der Waals surface area contributed by atoms with E-state index in [2.05, 4.69) is 22.6 Å². The van der Waals surface area contributed by atoms with Crippen molar-refractivity contribution < 1.29 is 0 Å². The second kappa shape index (κ2) is 5.61. The number of hydrogen-bond acceptors (Lipinski definition) is 3. The molecule has 84 valence electrons. The zero-order chi connectivity index (χ0) is 10.5. The lowest BCUT2D eigenvalue weighted by molar-refractivity contribution is 0.371. The van der Waals surface area contributed by atoms with Crippen LogP contribution in [-0.4, -0.2) is 11.0 Å². The van der Waals surface area contributed by atoms with Crippen molar-refractivity contribution in [3.63, 3.8) is 0 Å². The number of nitrogens with one attached hydrogen (secondary N) is 1. The lowest BCUT2D eigenvalue weighted by Crippen LogP contribution is -2.30. The van der Waals surface area contributed by atoms with E-state index in [1.165, 1.54) is 42.8 Å². The molecule has 2 nitrogen and oxygen atoms in total. The Morgan fingerprint density at radius 3 is 2.87 bits per heavy atom. The molecule has 0 saturated heterocycles. The fourth-order valence-electron chi connectivity index (χ4n) is 2.15. The maximum Gasteiger partial charge on any atom is 0.0926 e. The SMILES string of the molecule is CCc1nc(CNC2CCCCC2)cs1. The van der Waals surface area contributed by atoms with Gasteiger partial charge >= 0.3 is 0 Å². The van der Waals surface area contributed by atoms with E-state index in [4.69, 9.17) is 0 Å². The van der Waals surface area contributed by atoms with Crippen LogP contribution in [-0.2, 0) is 13.0 Å². The minimum atomic E-state index is 0.741. The summed E-state index contributed by atoms with van der Waals surface area (Å²) < 4.78 is 0. The lowest BCUT2D eigenvalue weighted by Gasteiger charge is -2.22. The van der Waals surface area contributed by atoms with Gasteiger partial charge in [-0.15, -0.1) is 11.3 Å². The second-order valence-electron chi connectivity index (χ2n) is 4.30. The average Bonchev–Trinajstić information content (AvgIpc) is 2.76. The topological polar surface area (TPSA) is 24.9 Å². The van der Waals surface area contributed by atoms with Gasteiger partial charge in [0.25, 0.3) is 0 Å². The van der Waals surface area contributed by atoms with Crippen LogP contribution in [0.1, 0.15) is 49.7 Å². The van der Waals surface area contributed by atoms with Crippen molar-refractivity contribution in [1.29, 1.82) is 0 Å². The lowest BCUT2D eigenvalue weighted by atomic mass is 9.95. The molecule has 1 aromatic rings. The summed E-state index contributed by atoms with van der Waals surface area (Å²) in [5.41, 5.74) is 1.22. The molecule has 0 spiro atoms. The van der Waals surface area contributed by atoms with Gasteiger partial charge < -0.3 is 5.32 Å². The van der Waals surface area contributed by atoms with Gasteiger partial charge in [0, 0.05) is 18.0 Å². The highest BCUT2D eigenvalue weighted by atomic mass is 32.1. The molecule has 1 aliphatic carbocycles. The number of nitrogens with zero attached hydrogens (tertiary/aromatic N) is 1. The van der Waals surface area contributed by atoms with Crippen LogP contribution >= 0.6 is 11.3 Å². The highest BCUT2D eigenvalue weighted by Crippen LogP contribution is 2.18. The Bertz CT molecular complexity index is 290. The third kappa shape index (κ3) is 3.28. The van der Waals surface area contributed by atoms with Crippen LogP contribution in [0.15, 0.2) is 5.38 Å². The quantitative estimate of drug-likeness (QED) is 0.850. The molecule has 0 aromatic carbocycles. The summed E-state index contributed by atoms with van der Waals surface area (Å²) in [6.07, 6.45) is 7.99. The first-order valence-electron chi connectivity index (χ1n) is 6.05. The van der Waals surface area contributed by atoms with E-state index in [-0.39, 0.29) is 0 Å². The van der Waals surface area contributed by atoms with Crippen LogP contribution in [0.5, 0.6) is 0 Å². The predicted octanol–water partition coefficient (Wildman–Crippen LogP) is 3.13. The number of aromatic nitrogens is 1. The molecule has 1 saturated carbocycles. The Kier molecular flexibility index (Phi) is 4.15. The molecule has 0 unspecified atom stereocenters. The summed E-state index contributed by atoms with van der Waals surface area (Å²) in [6, 6.07) is 0.741. The Morgan fingerprint density at radius 2 is 2.20 bits per heavy atom. The van der Waals surface area contributed by atoms with Gasteiger partial charge in [0.2, 0.25) is 0 Å². The number of rotatable bonds is 4. The minimum Gasteiger partial charge on any atom is -0.308 e. The van der Waals surface area contributed by atoms with E-state index in [1.807, 2.05) is 0 Å². The van der Waals surface area contributed by atoms with Crippen LogP contribution in [0.2, 0.25) is 0 Å². The maximum atomic E-state index is 4.57. The van der Waals surface area contributed by atoms with Gasteiger partial charge in [-0.3, -0.25) is 0 Å². The van der Waals surface area contributed by atoms with Gasteiger partial charge in [-0.1, -0.05) is 26.2 Å². The van der Waals surface area contributed by atoms with Crippen LogP contribution in [0.3, 0.4) is 0 Å².